The number of benzene rings is 2. The van der Waals surface area contributed by atoms with Gasteiger partial charge in [0.05, 0.1) is 12.5 Å². The highest BCUT2D eigenvalue weighted by Crippen LogP contribution is 2.25. The molecule has 0 fully saturated rings. The standard InChI is InChI=1S/C23H23N3O5/c1-14-13-26(2)22(30)20(21(14)29)25-23(31)24-18(12-19(27)28)17-10-6-9-16(11-17)15-7-4-3-5-8-15/h3-11,13,18,20H,12H2,1-2H3,(H,27,28)(H2,24,25,31). The van der Waals surface area contributed by atoms with Crippen LogP contribution in [0.2, 0.25) is 0 Å². The van der Waals surface area contributed by atoms with Crippen molar-refractivity contribution in [3.63, 3.8) is 0 Å². The van der Waals surface area contributed by atoms with Gasteiger partial charge in [-0.25, -0.2) is 4.79 Å². The minimum absolute atomic E-state index is 0.338. The van der Waals surface area contributed by atoms with Gasteiger partial charge in [-0.15, -0.1) is 0 Å². The van der Waals surface area contributed by atoms with Crippen LogP contribution in [-0.4, -0.2) is 46.8 Å². The first-order chi connectivity index (χ1) is 14.8. The normalized spacial score (nSPS) is 17.0. The zero-order valence-corrected chi connectivity index (χ0v) is 17.2. The van der Waals surface area contributed by atoms with Crippen LogP contribution in [0.4, 0.5) is 4.79 Å². The van der Waals surface area contributed by atoms with Gasteiger partial charge in [0.15, 0.2) is 11.8 Å². The molecule has 8 nitrogen and oxygen atoms in total. The number of Topliss-reactive ketones (excluding diaryl/α,β-unsaturated/α-hetero) is 1. The summed E-state index contributed by atoms with van der Waals surface area (Å²) in [6.07, 6.45) is 1.04. The molecule has 160 valence electrons. The number of hydrogen-bond acceptors (Lipinski definition) is 4. The lowest BCUT2D eigenvalue weighted by atomic mass is 9.98. The summed E-state index contributed by atoms with van der Waals surface area (Å²) >= 11 is 0. The maximum absolute atomic E-state index is 12.6. The minimum atomic E-state index is -1.35. The van der Waals surface area contributed by atoms with E-state index in [2.05, 4.69) is 10.6 Å². The monoisotopic (exact) mass is 421 g/mol. The molecule has 2 aromatic carbocycles. The SMILES string of the molecule is CC1=CN(C)C(=O)C(NC(=O)NC(CC(=O)O)c2cccc(-c3ccccc3)c2)C1=O. The smallest absolute Gasteiger partial charge is 0.316 e. The average molecular weight is 421 g/mol. The topological polar surface area (TPSA) is 116 Å². The molecule has 0 bridgehead atoms. The lowest BCUT2D eigenvalue weighted by Crippen LogP contribution is -2.56. The number of carbonyl (C=O) groups excluding carboxylic acids is 3. The molecular formula is C23H23N3O5. The van der Waals surface area contributed by atoms with Gasteiger partial charge in [-0.05, 0) is 29.7 Å². The third-order valence-corrected chi connectivity index (χ3v) is 4.99. The van der Waals surface area contributed by atoms with Crippen LogP contribution in [0.5, 0.6) is 0 Å². The van der Waals surface area contributed by atoms with Crippen molar-refractivity contribution < 1.29 is 24.3 Å². The molecule has 0 saturated heterocycles. The van der Waals surface area contributed by atoms with Crippen LogP contribution in [0.25, 0.3) is 11.1 Å². The largest absolute Gasteiger partial charge is 0.481 e. The Morgan fingerprint density at radius 3 is 2.42 bits per heavy atom. The molecule has 3 rings (SSSR count). The van der Waals surface area contributed by atoms with Crippen LogP contribution in [0, 0.1) is 0 Å². The second-order valence-corrected chi connectivity index (χ2v) is 7.32. The van der Waals surface area contributed by atoms with Crippen molar-refractivity contribution >= 4 is 23.7 Å². The Bertz CT molecular complexity index is 1050. The van der Waals surface area contributed by atoms with Crippen LogP contribution in [0.1, 0.15) is 24.9 Å². The summed E-state index contributed by atoms with van der Waals surface area (Å²) in [5.41, 5.74) is 2.75. The number of rotatable bonds is 6. The van der Waals surface area contributed by atoms with Crippen LogP contribution < -0.4 is 10.6 Å². The minimum Gasteiger partial charge on any atom is -0.481 e. The van der Waals surface area contributed by atoms with Gasteiger partial charge in [-0.2, -0.15) is 0 Å². The Balaban J connectivity index is 1.80. The first kappa shape index (κ1) is 21.8. The summed E-state index contributed by atoms with van der Waals surface area (Å²) in [5, 5.41) is 14.3. The Labute approximate surface area is 179 Å². The molecule has 3 amide bonds. The first-order valence-corrected chi connectivity index (χ1v) is 9.70. The fourth-order valence-corrected chi connectivity index (χ4v) is 3.41. The van der Waals surface area contributed by atoms with E-state index < -0.39 is 35.8 Å². The third-order valence-electron chi connectivity index (χ3n) is 4.99. The first-order valence-electron chi connectivity index (χ1n) is 9.70. The molecule has 1 aliphatic rings. The van der Waals surface area contributed by atoms with E-state index in [9.17, 15) is 24.3 Å². The predicted molar refractivity (Wildman–Crippen MR) is 114 cm³/mol. The molecule has 2 aromatic rings. The summed E-state index contributed by atoms with van der Waals surface area (Å²) in [7, 11) is 1.49. The Morgan fingerprint density at radius 2 is 1.74 bits per heavy atom. The van der Waals surface area contributed by atoms with E-state index in [1.54, 1.807) is 25.1 Å². The van der Waals surface area contributed by atoms with E-state index in [4.69, 9.17) is 0 Å². The third kappa shape index (κ3) is 5.16. The molecule has 1 aliphatic heterocycles. The van der Waals surface area contributed by atoms with E-state index >= 15 is 0 Å². The molecule has 8 heteroatoms. The number of carboxylic acids is 1. The van der Waals surface area contributed by atoms with E-state index in [1.165, 1.54) is 18.1 Å². The van der Waals surface area contributed by atoms with E-state index in [0.29, 0.717) is 11.1 Å². The van der Waals surface area contributed by atoms with Gasteiger partial charge in [0.1, 0.15) is 0 Å². The molecule has 0 saturated carbocycles. The molecule has 1 heterocycles. The van der Waals surface area contributed by atoms with Crippen molar-refractivity contribution in [3.8, 4) is 11.1 Å². The Kier molecular flexibility index (Phi) is 6.49. The molecule has 3 N–H and O–H groups in total. The maximum Gasteiger partial charge on any atom is 0.316 e. The highest BCUT2D eigenvalue weighted by atomic mass is 16.4. The van der Waals surface area contributed by atoms with Crippen LogP contribution in [0.3, 0.4) is 0 Å². The summed E-state index contributed by atoms with van der Waals surface area (Å²) in [5.74, 6) is -2.16. The fraction of sp³-hybridized carbons (Fsp3) is 0.217. The molecule has 0 aromatic heterocycles. The molecule has 2 atom stereocenters. The van der Waals surface area contributed by atoms with Gasteiger partial charge in [-0.1, -0.05) is 48.5 Å². The highest BCUT2D eigenvalue weighted by Gasteiger charge is 2.35. The van der Waals surface area contributed by atoms with Gasteiger partial charge in [-0.3, -0.25) is 14.4 Å². The summed E-state index contributed by atoms with van der Waals surface area (Å²) in [6.45, 7) is 1.56. The summed E-state index contributed by atoms with van der Waals surface area (Å²) < 4.78 is 0. The fourth-order valence-electron chi connectivity index (χ4n) is 3.41. The van der Waals surface area contributed by atoms with Gasteiger partial charge >= 0.3 is 12.0 Å². The Morgan fingerprint density at radius 1 is 1.06 bits per heavy atom. The molecule has 2 unspecified atom stereocenters. The van der Waals surface area contributed by atoms with Gasteiger partial charge in [0.2, 0.25) is 0 Å². The lowest BCUT2D eigenvalue weighted by molar-refractivity contribution is -0.138. The Hall–Kier alpha value is -3.94. The number of carbonyl (C=O) groups is 4. The van der Waals surface area contributed by atoms with Crippen LogP contribution >= 0.6 is 0 Å². The molecule has 0 radical (unpaired) electrons. The zero-order valence-electron chi connectivity index (χ0n) is 17.2. The number of likely N-dealkylation sites (N-methyl/N-ethyl adjacent to an activating group) is 1. The highest BCUT2D eigenvalue weighted by molar-refractivity contribution is 6.16. The quantitative estimate of drug-likeness (QED) is 0.620. The van der Waals surface area contributed by atoms with Gasteiger partial charge in [0.25, 0.3) is 5.91 Å². The average Bonchev–Trinajstić information content (AvgIpc) is 2.75. The summed E-state index contributed by atoms with van der Waals surface area (Å²) in [4.78, 5) is 49.8. The van der Waals surface area contributed by atoms with Crippen molar-refractivity contribution in [1.82, 2.24) is 15.5 Å². The summed E-state index contributed by atoms with van der Waals surface area (Å²) in [6, 6.07) is 13.7. The predicted octanol–water partition coefficient (Wildman–Crippen LogP) is 2.48. The number of nitrogens with one attached hydrogen (secondary N) is 2. The number of amides is 3. The van der Waals surface area contributed by atoms with Crippen molar-refractivity contribution in [3.05, 3.63) is 71.9 Å². The number of urea groups is 1. The maximum atomic E-state index is 12.6. The zero-order chi connectivity index (χ0) is 22.5. The second-order valence-electron chi connectivity index (χ2n) is 7.32. The van der Waals surface area contributed by atoms with Crippen LogP contribution in [0.15, 0.2) is 66.4 Å². The number of carboxylic acid groups (broad SMARTS) is 1. The van der Waals surface area contributed by atoms with Crippen molar-refractivity contribution in [2.45, 2.75) is 25.4 Å². The second kappa shape index (κ2) is 9.25. The van der Waals surface area contributed by atoms with E-state index in [1.807, 2.05) is 36.4 Å². The van der Waals surface area contributed by atoms with Crippen molar-refractivity contribution in [2.24, 2.45) is 0 Å². The van der Waals surface area contributed by atoms with Crippen molar-refractivity contribution in [1.29, 1.82) is 0 Å². The molecule has 31 heavy (non-hydrogen) atoms. The number of hydrogen-bond donors (Lipinski definition) is 3. The van der Waals surface area contributed by atoms with Gasteiger partial charge < -0.3 is 20.6 Å². The number of nitrogens with zero attached hydrogens (tertiary/aromatic N) is 1. The van der Waals surface area contributed by atoms with E-state index in [-0.39, 0.29) is 6.42 Å². The molecular weight excluding hydrogens is 398 g/mol. The lowest BCUT2D eigenvalue weighted by Gasteiger charge is -2.27. The number of aliphatic carboxylic acids is 1. The molecule has 0 aliphatic carbocycles. The van der Waals surface area contributed by atoms with Crippen LogP contribution in [-0.2, 0) is 14.4 Å². The van der Waals surface area contributed by atoms with Gasteiger partial charge in [0, 0.05) is 18.8 Å². The molecule has 0 spiro atoms. The number of ketones is 1. The van der Waals surface area contributed by atoms with Crippen molar-refractivity contribution in [2.75, 3.05) is 7.05 Å². The van der Waals surface area contributed by atoms with E-state index in [0.717, 1.165) is 11.1 Å².